The van der Waals surface area contributed by atoms with Crippen molar-refractivity contribution in [1.82, 2.24) is 0 Å². The molecule has 1 saturated heterocycles. The number of rotatable bonds is 2. The molecule has 1 aromatic rings. The Hall–Kier alpha value is -1.39. The van der Waals surface area contributed by atoms with Gasteiger partial charge in [0.25, 0.3) is 0 Å². The molecule has 2 rings (SSSR count). The minimum Gasteiger partial charge on any atom is -0.423 e. The summed E-state index contributed by atoms with van der Waals surface area (Å²) in [6.45, 7) is 1.47. The van der Waals surface area contributed by atoms with Crippen LogP contribution in [0.2, 0.25) is 0 Å². The normalized spacial score (nSPS) is 19.7. The van der Waals surface area contributed by atoms with Gasteiger partial charge in [0.15, 0.2) is 0 Å². The zero-order valence-electron chi connectivity index (χ0n) is 9.17. The van der Waals surface area contributed by atoms with Crippen molar-refractivity contribution in [2.75, 3.05) is 19.8 Å². The van der Waals surface area contributed by atoms with E-state index >= 15 is 0 Å². The van der Waals surface area contributed by atoms with Gasteiger partial charge in [-0.25, -0.2) is 0 Å². The van der Waals surface area contributed by atoms with Gasteiger partial charge in [-0.1, -0.05) is 12.1 Å². The van der Waals surface area contributed by atoms with Crippen molar-refractivity contribution in [3.05, 3.63) is 29.3 Å². The Labute approximate surface area is 99.4 Å². The minimum atomic E-state index is -1.57. The van der Waals surface area contributed by atoms with E-state index in [4.69, 9.17) is 24.8 Å². The van der Waals surface area contributed by atoms with Crippen molar-refractivity contribution in [2.24, 2.45) is 0 Å². The molecule has 1 fully saturated rings. The molecular weight excluding hydrogens is 221 g/mol. The Morgan fingerprint density at radius 2 is 2.18 bits per heavy atom. The number of nitrogens with zero attached hydrogens (tertiary/aromatic N) is 1. The summed E-state index contributed by atoms with van der Waals surface area (Å²) in [5, 5.41) is 27.1. The fourth-order valence-corrected chi connectivity index (χ4v) is 1.78. The molecule has 0 spiro atoms. The molecule has 0 amide bonds. The van der Waals surface area contributed by atoms with Crippen molar-refractivity contribution in [3.8, 4) is 6.07 Å². The van der Waals surface area contributed by atoms with Crippen LogP contribution >= 0.6 is 0 Å². The van der Waals surface area contributed by atoms with Crippen LogP contribution in [-0.4, -0.2) is 37.0 Å². The lowest BCUT2D eigenvalue weighted by Gasteiger charge is -2.24. The van der Waals surface area contributed by atoms with E-state index in [-0.39, 0.29) is 6.10 Å². The summed E-state index contributed by atoms with van der Waals surface area (Å²) in [5.74, 6) is 0. The molecule has 0 radical (unpaired) electrons. The van der Waals surface area contributed by atoms with E-state index in [0.717, 1.165) is 5.56 Å². The molecule has 1 aliphatic rings. The molecule has 1 atom stereocenters. The van der Waals surface area contributed by atoms with Crippen LogP contribution in [0.15, 0.2) is 18.2 Å². The Kier molecular flexibility index (Phi) is 3.76. The van der Waals surface area contributed by atoms with Gasteiger partial charge in [-0.2, -0.15) is 5.26 Å². The zero-order valence-corrected chi connectivity index (χ0v) is 9.17. The van der Waals surface area contributed by atoms with E-state index < -0.39 is 7.12 Å². The highest BCUT2D eigenvalue weighted by molar-refractivity contribution is 6.58. The number of ether oxygens (including phenoxy) is 2. The van der Waals surface area contributed by atoms with Gasteiger partial charge in [0, 0.05) is 5.56 Å². The Morgan fingerprint density at radius 3 is 2.76 bits per heavy atom. The molecule has 17 heavy (non-hydrogen) atoms. The Morgan fingerprint density at radius 1 is 1.35 bits per heavy atom. The fourth-order valence-electron chi connectivity index (χ4n) is 1.78. The summed E-state index contributed by atoms with van der Waals surface area (Å²) in [6, 6.07) is 6.73. The minimum absolute atomic E-state index is 0.261. The third-order valence-electron chi connectivity index (χ3n) is 2.66. The highest BCUT2D eigenvalue weighted by Gasteiger charge is 2.21. The average molecular weight is 233 g/mol. The maximum absolute atomic E-state index is 9.05. The summed E-state index contributed by atoms with van der Waals surface area (Å²) in [7, 11) is -1.57. The molecule has 1 unspecified atom stereocenters. The van der Waals surface area contributed by atoms with Gasteiger partial charge in [-0.05, 0) is 11.5 Å². The lowest BCUT2D eigenvalue weighted by Crippen LogP contribution is -2.31. The quantitative estimate of drug-likeness (QED) is 0.661. The number of benzene rings is 1. The topological polar surface area (TPSA) is 82.7 Å². The SMILES string of the molecule is N#Cc1cc(B(O)O)ccc1C1COCCO1. The maximum Gasteiger partial charge on any atom is 0.488 e. The molecule has 0 saturated carbocycles. The largest absolute Gasteiger partial charge is 0.488 e. The molecule has 1 aromatic carbocycles. The van der Waals surface area contributed by atoms with Crippen LogP contribution in [-0.2, 0) is 9.47 Å². The summed E-state index contributed by atoms with van der Waals surface area (Å²) < 4.78 is 10.8. The van der Waals surface area contributed by atoms with Crippen molar-refractivity contribution in [2.45, 2.75) is 6.10 Å². The average Bonchev–Trinajstić information content (AvgIpc) is 2.39. The molecule has 6 heteroatoms. The third kappa shape index (κ3) is 2.65. The van der Waals surface area contributed by atoms with E-state index in [1.54, 1.807) is 12.1 Å². The van der Waals surface area contributed by atoms with E-state index in [0.29, 0.717) is 30.8 Å². The van der Waals surface area contributed by atoms with E-state index in [2.05, 4.69) is 0 Å². The van der Waals surface area contributed by atoms with Crippen LogP contribution in [0.4, 0.5) is 0 Å². The third-order valence-corrected chi connectivity index (χ3v) is 2.66. The van der Waals surface area contributed by atoms with Gasteiger partial charge in [-0.15, -0.1) is 0 Å². The van der Waals surface area contributed by atoms with Crippen LogP contribution < -0.4 is 5.46 Å². The van der Waals surface area contributed by atoms with Crippen LogP contribution in [0.3, 0.4) is 0 Å². The lowest BCUT2D eigenvalue weighted by molar-refractivity contribution is -0.0902. The smallest absolute Gasteiger partial charge is 0.423 e. The molecule has 1 heterocycles. The molecule has 0 aliphatic carbocycles. The van der Waals surface area contributed by atoms with Gasteiger partial charge in [0.2, 0.25) is 0 Å². The molecule has 88 valence electrons. The van der Waals surface area contributed by atoms with Crippen LogP contribution in [0.1, 0.15) is 17.2 Å². The van der Waals surface area contributed by atoms with Crippen LogP contribution in [0.5, 0.6) is 0 Å². The second-order valence-electron chi connectivity index (χ2n) is 3.77. The lowest BCUT2D eigenvalue weighted by atomic mass is 9.78. The van der Waals surface area contributed by atoms with Gasteiger partial charge < -0.3 is 19.5 Å². The zero-order chi connectivity index (χ0) is 12.3. The van der Waals surface area contributed by atoms with Gasteiger partial charge in [0.05, 0.1) is 31.5 Å². The first-order chi connectivity index (χ1) is 8.22. The summed E-state index contributed by atoms with van der Waals surface area (Å²) in [4.78, 5) is 0. The number of hydrogen-bond acceptors (Lipinski definition) is 5. The molecule has 1 aliphatic heterocycles. The summed E-state index contributed by atoms with van der Waals surface area (Å²) in [5.41, 5.74) is 1.39. The standard InChI is InChI=1S/C11H12BNO4/c13-6-8-5-9(12(14)15)1-2-10(8)11-7-16-3-4-17-11/h1-2,5,11,14-15H,3-4,7H2. The van der Waals surface area contributed by atoms with Crippen LogP contribution in [0, 0.1) is 11.3 Å². The predicted molar refractivity (Wildman–Crippen MR) is 60.5 cm³/mol. The second kappa shape index (κ2) is 5.30. The Bertz CT molecular complexity index is 438. The predicted octanol–water partition coefficient (Wildman–Crippen LogP) is -0.674. The maximum atomic E-state index is 9.05. The fraction of sp³-hybridized carbons (Fsp3) is 0.364. The molecule has 5 nitrogen and oxygen atoms in total. The van der Waals surface area contributed by atoms with E-state index in [1.165, 1.54) is 6.07 Å². The van der Waals surface area contributed by atoms with Crippen molar-refractivity contribution in [1.29, 1.82) is 5.26 Å². The highest BCUT2D eigenvalue weighted by Crippen LogP contribution is 2.23. The summed E-state index contributed by atoms with van der Waals surface area (Å²) >= 11 is 0. The molecular formula is C11H12BNO4. The van der Waals surface area contributed by atoms with Crippen LogP contribution in [0.25, 0.3) is 0 Å². The second-order valence-corrected chi connectivity index (χ2v) is 3.77. The van der Waals surface area contributed by atoms with Crippen molar-refractivity contribution in [3.63, 3.8) is 0 Å². The van der Waals surface area contributed by atoms with E-state index in [1.807, 2.05) is 6.07 Å². The molecule has 0 bridgehead atoms. The first-order valence-corrected chi connectivity index (χ1v) is 5.32. The highest BCUT2D eigenvalue weighted by atomic mass is 16.6. The van der Waals surface area contributed by atoms with Gasteiger partial charge in [0.1, 0.15) is 6.10 Å². The van der Waals surface area contributed by atoms with E-state index in [9.17, 15) is 0 Å². The van der Waals surface area contributed by atoms with Crippen molar-refractivity contribution >= 4 is 12.6 Å². The van der Waals surface area contributed by atoms with Gasteiger partial charge >= 0.3 is 7.12 Å². The van der Waals surface area contributed by atoms with Gasteiger partial charge in [-0.3, -0.25) is 0 Å². The monoisotopic (exact) mass is 233 g/mol. The molecule has 2 N–H and O–H groups in total. The Balaban J connectivity index is 2.30. The first kappa shape index (κ1) is 12.1. The van der Waals surface area contributed by atoms with Crippen molar-refractivity contribution < 1.29 is 19.5 Å². The number of nitriles is 1. The number of hydrogen-bond donors (Lipinski definition) is 2. The first-order valence-electron chi connectivity index (χ1n) is 5.32. The summed E-state index contributed by atoms with van der Waals surface area (Å²) in [6.07, 6.45) is -0.261. The molecule has 0 aromatic heterocycles.